The number of hydrogen-bond acceptors (Lipinski definition) is 2. The fraction of sp³-hybridized carbons (Fsp3) is 0.500. The maximum atomic E-state index is 5.94. The van der Waals surface area contributed by atoms with Gasteiger partial charge >= 0.3 is 0 Å². The van der Waals surface area contributed by atoms with Gasteiger partial charge in [-0.1, -0.05) is 11.6 Å². The van der Waals surface area contributed by atoms with E-state index >= 15 is 0 Å². The first kappa shape index (κ1) is 10.8. The highest BCUT2D eigenvalue weighted by molar-refractivity contribution is 6.31. The maximum absolute atomic E-state index is 5.94. The minimum absolute atomic E-state index is 0.278. The van der Waals surface area contributed by atoms with E-state index in [1.165, 1.54) is 0 Å². The lowest BCUT2D eigenvalue weighted by atomic mass is 10.2. The van der Waals surface area contributed by atoms with Gasteiger partial charge in [0.05, 0.1) is 0 Å². The largest absolute Gasteiger partial charge is 0.490 e. The van der Waals surface area contributed by atoms with Crippen molar-refractivity contribution in [3.63, 3.8) is 0 Å². The summed E-state index contributed by atoms with van der Waals surface area (Å²) in [6.07, 6.45) is 3.36. The van der Waals surface area contributed by atoms with Crippen molar-refractivity contribution in [1.82, 2.24) is 0 Å². The van der Waals surface area contributed by atoms with Crippen LogP contribution in [0.2, 0.25) is 5.02 Å². The van der Waals surface area contributed by atoms with Gasteiger partial charge in [-0.3, -0.25) is 0 Å². The van der Waals surface area contributed by atoms with Crippen molar-refractivity contribution in [2.75, 3.05) is 0 Å². The molecule has 0 radical (unpaired) electrons. The van der Waals surface area contributed by atoms with Crippen LogP contribution in [0.4, 0.5) is 0 Å². The number of ether oxygens (including phenoxy) is 1. The molecule has 0 spiro atoms. The van der Waals surface area contributed by atoms with Gasteiger partial charge in [-0.15, -0.1) is 0 Å². The lowest BCUT2D eigenvalue weighted by Crippen LogP contribution is -2.19. The van der Waals surface area contributed by atoms with Gasteiger partial charge in [-0.25, -0.2) is 0 Å². The molecule has 1 aliphatic carbocycles. The average molecular weight is 226 g/mol. The smallest absolute Gasteiger partial charge is 0.120 e. The standard InChI is InChI=1S/C12H16ClNO/c1-8-6-10(4-5-12(8)13)15-11-3-2-9(14)7-11/h4-6,9,11H,2-3,7,14H2,1H3. The van der Waals surface area contributed by atoms with E-state index in [-0.39, 0.29) is 6.10 Å². The predicted octanol–water partition coefficient (Wildman–Crippen LogP) is 2.91. The molecule has 0 aliphatic heterocycles. The Balaban J connectivity index is 2.02. The van der Waals surface area contributed by atoms with Crippen LogP contribution in [0.15, 0.2) is 18.2 Å². The van der Waals surface area contributed by atoms with E-state index in [0.717, 1.165) is 35.6 Å². The minimum atomic E-state index is 0.278. The molecule has 82 valence electrons. The number of nitrogens with two attached hydrogens (primary N) is 1. The van der Waals surface area contributed by atoms with Gasteiger partial charge in [0.25, 0.3) is 0 Å². The van der Waals surface area contributed by atoms with Crippen molar-refractivity contribution in [2.45, 2.75) is 38.3 Å². The SMILES string of the molecule is Cc1cc(OC2CCC(N)C2)ccc1Cl. The quantitative estimate of drug-likeness (QED) is 0.840. The number of benzene rings is 1. The molecule has 0 saturated heterocycles. The maximum Gasteiger partial charge on any atom is 0.120 e. The van der Waals surface area contributed by atoms with Crippen molar-refractivity contribution in [3.8, 4) is 5.75 Å². The van der Waals surface area contributed by atoms with Crippen molar-refractivity contribution >= 4 is 11.6 Å². The molecule has 3 heteroatoms. The topological polar surface area (TPSA) is 35.2 Å². The van der Waals surface area contributed by atoms with E-state index in [0.29, 0.717) is 6.04 Å². The van der Waals surface area contributed by atoms with Gasteiger partial charge in [-0.05, 0) is 49.9 Å². The Kier molecular flexibility index (Phi) is 3.17. The average Bonchev–Trinajstić information content (AvgIpc) is 2.58. The van der Waals surface area contributed by atoms with Crippen LogP contribution < -0.4 is 10.5 Å². The number of hydrogen-bond donors (Lipinski definition) is 1. The summed E-state index contributed by atoms with van der Waals surface area (Å²) < 4.78 is 5.84. The van der Waals surface area contributed by atoms with Crippen LogP contribution >= 0.6 is 11.6 Å². The second-order valence-corrected chi connectivity index (χ2v) is 4.63. The molecule has 2 atom stereocenters. The molecule has 2 nitrogen and oxygen atoms in total. The van der Waals surface area contributed by atoms with Crippen LogP contribution in [0.1, 0.15) is 24.8 Å². The van der Waals surface area contributed by atoms with Crippen LogP contribution in [-0.2, 0) is 0 Å². The van der Waals surface area contributed by atoms with E-state index < -0.39 is 0 Å². The fourth-order valence-electron chi connectivity index (χ4n) is 1.96. The van der Waals surface area contributed by atoms with Crippen LogP contribution in [-0.4, -0.2) is 12.1 Å². The van der Waals surface area contributed by atoms with Crippen molar-refractivity contribution in [3.05, 3.63) is 28.8 Å². The molecule has 0 heterocycles. The highest BCUT2D eigenvalue weighted by atomic mass is 35.5. The molecule has 1 aliphatic rings. The zero-order chi connectivity index (χ0) is 10.8. The molecule has 15 heavy (non-hydrogen) atoms. The summed E-state index contributed by atoms with van der Waals surface area (Å²) in [4.78, 5) is 0. The molecular formula is C12H16ClNO. The lowest BCUT2D eigenvalue weighted by Gasteiger charge is -2.14. The molecule has 1 aromatic carbocycles. The first-order chi connectivity index (χ1) is 7.15. The normalized spacial score (nSPS) is 25.5. The van der Waals surface area contributed by atoms with E-state index in [9.17, 15) is 0 Å². The number of aryl methyl sites for hydroxylation is 1. The summed E-state index contributed by atoms with van der Waals surface area (Å²) >= 11 is 5.94. The van der Waals surface area contributed by atoms with Crippen molar-refractivity contribution < 1.29 is 4.74 Å². The zero-order valence-corrected chi connectivity index (χ0v) is 9.63. The summed E-state index contributed by atoms with van der Waals surface area (Å²) in [6, 6.07) is 6.08. The first-order valence-corrected chi connectivity index (χ1v) is 5.71. The molecular weight excluding hydrogens is 210 g/mol. The third-order valence-corrected chi connectivity index (χ3v) is 3.28. The van der Waals surface area contributed by atoms with Gasteiger partial charge in [0.15, 0.2) is 0 Å². The second kappa shape index (κ2) is 4.42. The summed E-state index contributed by atoms with van der Waals surface area (Å²) in [5, 5.41) is 0.783. The highest BCUT2D eigenvalue weighted by Gasteiger charge is 2.23. The summed E-state index contributed by atoms with van der Waals surface area (Å²) in [5.74, 6) is 0.899. The second-order valence-electron chi connectivity index (χ2n) is 4.22. The number of halogens is 1. The predicted molar refractivity (Wildman–Crippen MR) is 62.4 cm³/mol. The van der Waals surface area contributed by atoms with Crippen LogP contribution in [0.3, 0.4) is 0 Å². The lowest BCUT2D eigenvalue weighted by molar-refractivity contribution is 0.208. The zero-order valence-electron chi connectivity index (χ0n) is 8.87. The molecule has 1 aromatic rings. The Morgan fingerprint density at radius 3 is 2.80 bits per heavy atom. The van der Waals surface area contributed by atoms with E-state index in [1.807, 2.05) is 25.1 Å². The molecule has 1 saturated carbocycles. The van der Waals surface area contributed by atoms with E-state index in [4.69, 9.17) is 22.1 Å². The number of rotatable bonds is 2. The van der Waals surface area contributed by atoms with Crippen LogP contribution in [0, 0.1) is 6.92 Å². The van der Waals surface area contributed by atoms with Crippen LogP contribution in [0.25, 0.3) is 0 Å². The van der Waals surface area contributed by atoms with Gasteiger partial charge < -0.3 is 10.5 Å². The molecule has 2 rings (SSSR count). The highest BCUT2D eigenvalue weighted by Crippen LogP contribution is 2.26. The summed E-state index contributed by atoms with van der Waals surface area (Å²) in [5.41, 5.74) is 6.88. The molecule has 0 amide bonds. The fourth-order valence-corrected chi connectivity index (χ4v) is 2.08. The Morgan fingerprint density at radius 2 is 2.20 bits per heavy atom. The molecule has 2 unspecified atom stereocenters. The summed E-state index contributed by atoms with van der Waals surface area (Å²) in [6.45, 7) is 1.98. The first-order valence-electron chi connectivity index (χ1n) is 5.33. The third-order valence-electron chi connectivity index (χ3n) is 2.86. The van der Waals surface area contributed by atoms with Crippen LogP contribution in [0.5, 0.6) is 5.75 Å². The van der Waals surface area contributed by atoms with Gasteiger partial charge in [0.1, 0.15) is 11.9 Å². The van der Waals surface area contributed by atoms with E-state index in [1.54, 1.807) is 0 Å². The Bertz CT molecular complexity index is 353. The minimum Gasteiger partial charge on any atom is -0.490 e. The molecule has 0 bridgehead atoms. The van der Waals surface area contributed by atoms with Gasteiger partial charge in [-0.2, -0.15) is 0 Å². The van der Waals surface area contributed by atoms with E-state index in [2.05, 4.69) is 0 Å². The van der Waals surface area contributed by atoms with Gasteiger partial charge in [0, 0.05) is 11.1 Å². The van der Waals surface area contributed by atoms with Crippen molar-refractivity contribution in [1.29, 1.82) is 0 Å². The Labute approximate surface area is 95.4 Å². The van der Waals surface area contributed by atoms with Crippen molar-refractivity contribution in [2.24, 2.45) is 5.73 Å². The van der Waals surface area contributed by atoms with Gasteiger partial charge in [0.2, 0.25) is 0 Å². The Morgan fingerprint density at radius 1 is 1.40 bits per heavy atom. The third kappa shape index (κ3) is 2.64. The Hall–Kier alpha value is -0.730. The molecule has 2 N–H and O–H groups in total. The molecule has 0 aromatic heterocycles. The summed E-state index contributed by atoms with van der Waals surface area (Å²) in [7, 11) is 0. The monoisotopic (exact) mass is 225 g/mol. The molecule has 1 fully saturated rings.